The lowest BCUT2D eigenvalue weighted by Gasteiger charge is -2.04. The molecule has 1 amide bonds. The average Bonchev–Trinajstić information content (AvgIpc) is 2.83. The van der Waals surface area contributed by atoms with Gasteiger partial charge in [0.1, 0.15) is 18.2 Å². The van der Waals surface area contributed by atoms with Gasteiger partial charge in [0, 0.05) is 16.6 Å². The lowest BCUT2D eigenvalue weighted by atomic mass is 10.3. The molecule has 100 valence electrons. The summed E-state index contributed by atoms with van der Waals surface area (Å²) in [5, 5.41) is 3.50. The molecule has 1 aromatic carbocycles. The summed E-state index contributed by atoms with van der Waals surface area (Å²) in [6, 6.07) is 5.53. The van der Waals surface area contributed by atoms with E-state index in [2.05, 4.69) is 21.1 Å². The fourth-order valence-corrected chi connectivity index (χ4v) is 1.77. The summed E-state index contributed by atoms with van der Waals surface area (Å²) in [4.78, 5) is 11.1. The second-order valence-electron chi connectivity index (χ2n) is 3.55. The van der Waals surface area contributed by atoms with Crippen LogP contribution in [0.25, 0.3) is 0 Å². The van der Waals surface area contributed by atoms with Crippen LogP contribution in [-0.2, 0) is 6.61 Å². The van der Waals surface area contributed by atoms with E-state index < -0.39 is 11.7 Å². The van der Waals surface area contributed by atoms with Crippen molar-refractivity contribution in [2.75, 3.05) is 0 Å². The Labute approximate surface area is 115 Å². The third-order valence-electron chi connectivity index (χ3n) is 2.14. The van der Waals surface area contributed by atoms with Gasteiger partial charge in [0.2, 0.25) is 0 Å². The maximum Gasteiger partial charge on any atom is 0.287 e. The number of carbonyl (C=O) groups is 1. The molecular weight excluding hydrogens is 321 g/mol. The first-order valence-corrected chi connectivity index (χ1v) is 5.93. The van der Waals surface area contributed by atoms with Crippen molar-refractivity contribution in [1.82, 2.24) is 10.6 Å². The van der Waals surface area contributed by atoms with E-state index in [1.807, 2.05) is 5.43 Å². The van der Waals surface area contributed by atoms with Gasteiger partial charge in [0.25, 0.3) is 5.91 Å². The summed E-state index contributed by atoms with van der Waals surface area (Å²) >= 11 is 3.15. The van der Waals surface area contributed by atoms with Gasteiger partial charge in [-0.2, -0.15) is 0 Å². The van der Waals surface area contributed by atoms with E-state index >= 15 is 0 Å². The van der Waals surface area contributed by atoms with Crippen LogP contribution in [0.4, 0.5) is 4.39 Å². The Hall–Kier alpha value is -1.93. The van der Waals surface area contributed by atoms with Crippen molar-refractivity contribution in [1.29, 1.82) is 0 Å². The molecule has 0 saturated carbocycles. The molecule has 0 spiro atoms. The third kappa shape index (κ3) is 3.52. The number of carbonyl (C=O) groups excluding carboxylic acids is 1. The van der Waals surface area contributed by atoms with Crippen LogP contribution in [0.15, 0.2) is 33.3 Å². The van der Waals surface area contributed by atoms with Crippen molar-refractivity contribution in [3.8, 4) is 5.75 Å². The minimum Gasteiger partial charge on any atom is -0.485 e. The molecule has 2 aromatic rings. The van der Waals surface area contributed by atoms with Gasteiger partial charge in [0.05, 0.1) is 0 Å². The summed E-state index contributed by atoms with van der Waals surface area (Å²) in [5.74, 6) is 4.61. The number of benzene rings is 1. The second-order valence-corrected chi connectivity index (χ2v) is 4.46. The number of hydrogen-bond donors (Lipinski definition) is 2. The topological polar surface area (TPSA) is 90.4 Å². The molecule has 19 heavy (non-hydrogen) atoms. The predicted octanol–water partition coefficient (Wildman–Crippen LogP) is 1.76. The highest BCUT2D eigenvalue weighted by Crippen LogP contribution is 2.21. The van der Waals surface area contributed by atoms with E-state index in [4.69, 9.17) is 15.1 Å². The molecular formula is C11H9BrFN3O3. The first-order chi connectivity index (χ1) is 9.08. The molecule has 1 heterocycles. The molecule has 8 heteroatoms. The van der Waals surface area contributed by atoms with Crippen LogP contribution in [-0.4, -0.2) is 11.1 Å². The summed E-state index contributed by atoms with van der Waals surface area (Å²) in [7, 11) is 0. The molecule has 0 bridgehead atoms. The molecule has 6 nitrogen and oxygen atoms in total. The molecule has 0 fully saturated rings. The SMILES string of the molecule is NNC(=O)c1cc(COc2cc(F)cc(Br)c2)on1. The Morgan fingerprint density at radius 2 is 2.26 bits per heavy atom. The molecule has 0 radical (unpaired) electrons. The van der Waals surface area contributed by atoms with Crippen LogP contribution in [0.1, 0.15) is 16.2 Å². The Balaban J connectivity index is 2.02. The number of ether oxygens (including phenoxy) is 1. The van der Waals surface area contributed by atoms with Gasteiger partial charge in [-0.3, -0.25) is 10.2 Å². The van der Waals surface area contributed by atoms with Crippen molar-refractivity contribution >= 4 is 21.8 Å². The van der Waals surface area contributed by atoms with Crippen molar-refractivity contribution in [3.63, 3.8) is 0 Å². The van der Waals surface area contributed by atoms with Crippen LogP contribution in [0, 0.1) is 5.82 Å². The van der Waals surface area contributed by atoms with Gasteiger partial charge < -0.3 is 9.26 Å². The van der Waals surface area contributed by atoms with Gasteiger partial charge in [-0.25, -0.2) is 10.2 Å². The number of hydrogen-bond acceptors (Lipinski definition) is 5. The number of nitrogens with zero attached hydrogens (tertiary/aromatic N) is 1. The molecule has 0 aliphatic heterocycles. The number of aromatic nitrogens is 1. The summed E-state index contributed by atoms with van der Waals surface area (Å²) in [6.45, 7) is 0.0146. The minimum absolute atomic E-state index is 0.0146. The minimum atomic E-state index is -0.566. The number of rotatable bonds is 4. The number of nitrogen functional groups attached to an aromatic ring is 1. The van der Waals surface area contributed by atoms with Gasteiger partial charge in [-0.1, -0.05) is 21.1 Å². The molecule has 0 unspecified atom stereocenters. The molecule has 0 aliphatic rings. The Morgan fingerprint density at radius 3 is 2.95 bits per heavy atom. The van der Waals surface area contributed by atoms with E-state index in [0.717, 1.165) is 0 Å². The first kappa shape index (κ1) is 13.5. The van der Waals surface area contributed by atoms with Crippen LogP contribution < -0.4 is 16.0 Å². The third-order valence-corrected chi connectivity index (χ3v) is 2.60. The molecule has 0 aliphatic carbocycles. The molecule has 0 atom stereocenters. The highest BCUT2D eigenvalue weighted by atomic mass is 79.9. The highest BCUT2D eigenvalue weighted by Gasteiger charge is 2.11. The van der Waals surface area contributed by atoms with Crippen LogP contribution in [0.5, 0.6) is 5.75 Å². The Kier molecular flexibility index (Phi) is 4.13. The molecule has 1 aromatic heterocycles. The number of halogens is 2. The van der Waals surface area contributed by atoms with E-state index in [1.165, 1.54) is 18.2 Å². The highest BCUT2D eigenvalue weighted by molar-refractivity contribution is 9.10. The van der Waals surface area contributed by atoms with Crippen LogP contribution in [0.3, 0.4) is 0 Å². The van der Waals surface area contributed by atoms with Crippen LogP contribution in [0.2, 0.25) is 0 Å². The predicted molar refractivity (Wildman–Crippen MR) is 66.6 cm³/mol. The number of hydrazine groups is 1. The maximum atomic E-state index is 13.1. The summed E-state index contributed by atoms with van der Waals surface area (Å²) in [5.41, 5.74) is 1.97. The average molecular weight is 330 g/mol. The van der Waals surface area contributed by atoms with E-state index in [0.29, 0.717) is 16.0 Å². The van der Waals surface area contributed by atoms with Gasteiger partial charge in [0.15, 0.2) is 11.5 Å². The largest absolute Gasteiger partial charge is 0.485 e. The molecule has 3 N–H and O–H groups in total. The van der Waals surface area contributed by atoms with E-state index in [9.17, 15) is 9.18 Å². The van der Waals surface area contributed by atoms with Gasteiger partial charge in [-0.05, 0) is 12.1 Å². The Bertz CT molecular complexity index is 582. The monoisotopic (exact) mass is 329 g/mol. The molecule has 0 saturated heterocycles. The van der Waals surface area contributed by atoms with Crippen molar-refractivity contribution in [2.24, 2.45) is 5.84 Å². The van der Waals surface area contributed by atoms with Gasteiger partial charge >= 0.3 is 0 Å². The zero-order chi connectivity index (χ0) is 13.8. The fourth-order valence-electron chi connectivity index (χ4n) is 1.33. The molecule has 2 rings (SSSR count). The number of amides is 1. The smallest absolute Gasteiger partial charge is 0.287 e. The quantitative estimate of drug-likeness (QED) is 0.506. The fraction of sp³-hybridized carbons (Fsp3) is 0.0909. The first-order valence-electron chi connectivity index (χ1n) is 5.14. The normalized spacial score (nSPS) is 10.3. The number of nitrogens with two attached hydrogens (primary N) is 1. The van der Waals surface area contributed by atoms with Gasteiger partial charge in [-0.15, -0.1) is 0 Å². The van der Waals surface area contributed by atoms with E-state index in [1.54, 1.807) is 6.07 Å². The lowest BCUT2D eigenvalue weighted by Crippen LogP contribution is -2.30. The van der Waals surface area contributed by atoms with Crippen molar-refractivity contribution < 1.29 is 18.4 Å². The zero-order valence-corrected chi connectivity index (χ0v) is 11.1. The maximum absolute atomic E-state index is 13.1. The van der Waals surface area contributed by atoms with Crippen molar-refractivity contribution in [3.05, 3.63) is 46.0 Å². The van der Waals surface area contributed by atoms with E-state index in [-0.39, 0.29) is 12.3 Å². The standard InChI is InChI=1S/C11H9BrFN3O3/c12-6-1-7(13)3-8(2-6)18-5-9-4-10(16-19-9)11(17)15-14/h1-4H,5,14H2,(H,15,17). The summed E-state index contributed by atoms with van der Waals surface area (Å²) < 4.78 is 23.8. The van der Waals surface area contributed by atoms with Crippen LogP contribution >= 0.6 is 15.9 Å². The Morgan fingerprint density at radius 1 is 1.47 bits per heavy atom. The zero-order valence-electron chi connectivity index (χ0n) is 9.52. The van der Waals surface area contributed by atoms with Crippen molar-refractivity contribution in [2.45, 2.75) is 6.61 Å². The lowest BCUT2D eigenvalue weighted by molar-refractivity contribution is 0.0944. The summed E-state index contributed by atoms with van der Waals surface area (Å²) in [6.07, 6.45) is 0. The number of nitrogens with one attached hydrogen (secondary N) is 1. The second kappa shape index (κ2) is 5.81.